The van der Waals surface area contributed by atoms with E-state index >= 15 is 0 Å². The van der Waals surface area contributed by atoms with E-state index < -0.39 is 34.2 Å². The zero-order chi connectivity index (χ0) is 21.7. The molecule has 6 nitrogen and oxygen atoms in total. The second-order valence-electron chi connectivity index (χ2n) is 6.03. The van der Waals surface area contributed by atoms with Gasteiger partial charge in [0.1, 0.15) is 5.75 Å². The van der Waals surface area contributed by atoms with Crippen molar-refractivity contribution < 1.29 is 26.7 Å². The van der Waals surface area contributed by atoms with Crippen LogP contribution < -0.4 is 14.8 Å². The molecular formula is C20H15ClF2N2O4S. The number of sulfonamides is 1. The van der Waals surface area contributed by atoms with Crippen LogP contribution in [-0.4, -0.2) is 20.9 Å². The van der Waals surface area contributed by atoms with E-state index in [4.69, 9.17) is 16.3 Å². The van der Waals surface area contributed by atoms with E-state index in [0.29, 0.717) is 5.69 Å². The predicted molar refractivity (Wildman–Crippen MR) is 109 cm³/mol. The molecule has 0 radical (unpaired) electrons. The zero-order valence-electron chi connectivity index (χ0n) is 15.2. The first-order valence-electron chi connectivity index (χ1n) is 8.50. The number of halogens is 3. The summed E-state index contributed by atoms with van der Waals surface area (Å²) in [6, 6.07) is 15.0. The minimum absolute atomic E-state index is 0.0217. The van der Waals surface area contributed by atoms with Crippen LogP contribution in [-0.2, 0) is 14.8 Å². The lowest BCUT2D eigenvalue weighted by molar-refractivity contribution is -0.118. The van der Waals surface area contributed by atoms with Crippen molar-refractivity contribution in [2.45, 2.75) is 4.90 Å². The number of para-hydroxylation sites is 1. The number of hydrogen-bond acceptors (Lipinski definition) is 4. The van der Waals surface area contributed by atoms with Gasteiger partial charge >= 0.3 is 0 Å². The summed E-state index contributed by atoms with van der Waals surface area (Å²) in [5.41, 5.74) is 0.449. The molecule has 0 aliphatic heterocycles. The van der Waals surface area contributed by atoms with Crippen LogP contribution in [0.25, 0.3) is 0 Å². The van der Waals surface area contributed by atoms with Crippen LogP contribution >= 0.6 is 11.6 Å². The van der Waals surface area contributed by atoms with Crippen LogP contribution in [0.4, 0.5) is 20.2 Å². The van der Waals surface area contributed by atoms with Crippen LogP contribution in [0, 0.1) is 11.6 Å². The highest BCUT2D eigenvalue weighted by Crippen LogP contribution is 2.28. The van der Waals surface area contributed by atoms with Gasteiger partial charge in [-0.1, -0.05) is 29.8 Å². The summed E-state index contributed by atoms with van der Waals surface area (Å²) in [6.07, 6.45) is 0. The van der Waals surface area contributed by atoms with Gasteiger partial charge < -0.3 is 10.1 Å². The normalized spacial score (nSPS) is 11.0. The lowest BCUT2D eigenvalue weighted by atomic mass is 10.3. The van der Waals surface area contributed by atoms with Crippen molar-refractivity contribution in [2.24, 2.45) is 0 Å². The van der Waals surface area contributed by atoms with Gasteiger partial charge in [-0.25, -0.2) is 17.2 Å². The van der Waals surface area contributed by atoms with Crippen molar-refractivity contribution in [3.8, 4) is 5.75 Å². The molecule has 0 aliphatic carbocycles. The van der Waals surface area contributed by atoms with Gasteiger partial charge in [-0.2, -0.15) is 0 Å². The Bertz CT molecular complexity index is 1170. The second kappa shape index (κ2) is 9.10. The molecule has 0 unspecified atom stereocenters. The van der Waals surface area contributed by atoms with Gasteiger partial charge in [-0.15, -0.1) is 0 Å². The molecule has 0 aromatic heterocycles. The summed E-state index contributed by atoms with van der Waals surface area (Å²) in [6.45, 7) is -0.479. The van der Waals surface area contributed by atoms with Crippen molar-refractivity contribution >= 4 is 38.9 Å². The van der Waals surface area contributed by atoms with Gasteiger partial charge in [0.15, 0.2) is 18.2 Å². The van der Waals surface area contributed by atoms with Gasteiger partial charge in [-0.05, 0) is 42.5 Å². The molecule has 0 saturated heterocycles. The molecule has 0 saturated carbocycles. The van der Waals surface area contributed by atoms with Crippen molar-refractivity contribution in [1.29, 1.82) is 0 Å². The summed E-state index contributed by atoms with van der Waals surface area (Å²) in [5, 5.41) is 2.32. The molecule has 0 bridgehead atoms. The minimum atomic E-state index is -3.87. The smallest absolute Gasteiger partial charge is 0.262 e. The molecule has 0 aliphatic rings. The Hall–Kier alpha value is -3.17. The molecule has 0 fully saturated rings. The lowest BCUT2D eigenvalue weighted by Gasteiger charge is -2.11. The summed E-state index contributed by atoms with van der Waals surface area (Å²) >= 11 is 6.08. The van der Waals surface area contributed by atoms with Gasteiger partial charge in [0.05, 0.1) is 9.92 Å². The van der Waals surface area contributed by atoms with Crippen molar-refractivity contribution in [2.75, 3.05) is 16.6 Å². The first kappa shape index (κ1) is 21.5. The van der Waals surface area contributed by atoms with E-state index in [1.807, 2.05) is 0 Å². The highest BCUT2D eigenvalue weighted by atomic mass is 35.5. The number of hydrogen-bond donors (Lipinski definition) is 2. The Morgan fingerprint density at radius 3 is 2.33 bits per heavy atom. The molecule has 3 rings (SSSR count). The third-order valence-corrected chi connectivity index (χ3v) is 5.48. The first-order chi connectivity index (χ1) is 14.2. The van der Waals surface area contributed by atoms with Crippen LogP contribution in [0.15, 0.2) is 71.6 Å². The fourth-order valence-electron chi connectivity index (χ4n) is 2.40. The molecule has 0 spiro atoms. The van der Waals surface area contributed by atoms with Crippen LogP contribution in [0.5, 0.6) is 5.75 Å². The molecule has 0 atom stereocenters. The van der Waals surface area contributed by atoms with E-state index in [-0.39, 0.29) is 21.4 Å². The fourth-order valence-corrected chi connectivity index (χ4v) is 3.78. The Morgan fingerprint density at radius 2 is 1.67 bits per heavy atom. The Labute approximate surface area is 176 Å². The largest absolute Gasteiger partial charge is 0.482 e. The number of carbonyl (C=O) groups excluding carboxylic acids is 1. The molecule has 2 N–H and O–H groups in total. The van der Waals surface area contributed by atoms with Crippen molar-refractivity contribution in [3.05, 3.63) is 83.4 Å². The van der Waals surface area contributed by atoms with Crippen molar-refractivity contribution in [3.63, 3.8) is 0 Å². The number of ether oxygens (including phenoxy) is 1. The summed E-state index contributed by atoms with van der Waals surface area (Å²) in [4.78, 5) is 11.8. The Kier molecular flexibility index (Phi) is 6.53. The molecule has 10 heteroatoms. The Morgan fingerprint density at radius 1 is 0.933 bits per heavy atom. The standard InChI is InChI=1S/C20H15ClF2N2O4S/c21-16-11-15(30(27,28)25-13-4-2-1-3-5-13)7-9-19(16)29-12-20(26)24-14-6-8-17(22)18(23)10-14/h1-11,25H,12H2,(H,24,26). The molecule has 0 heterocycles. The first-order valence-corrected chi connectivity index (χ1v) is 10.4. The number of rotatable bonds is 7. The highest BCUT2D eigenvalue weighted by Gasteiger charge is 2.17. The SMILES string of the molecule is O=C(COc1ccc(S(=O)(=O)Nc2ccccc2)cc1Cl)Nc1ccc(F)c(F)c1. The Balaban J connectivity index is 1.63. The van der Waals surface area contributed by atoms with Crippen LogP contribution in [0.2, 0.25) is 5.02 Å². The zero-order valence-corrected chi connectivity index (χ0v) is 16.8. The molecule has 1 amide bonds. The number of benzene rings is 3. The van der Waals surface area contributed by atoms with Gasteiger partial charge in [0, 0.05) is 17.4 Å². The average Bonchev–Trinajstić information content (AvgIpc) is 2.70. The molecule has 30 heavy (non-hydrogen) atoms. The monoisotopic (exact) mass is 452 g/mol. The average molecular weight is 453 g/mol. The van der Waals surface area contributed by atoms with E-state index in [1.165, 1.54) is 24.3 Å². The summed E-state index contributed by atoms with van der Waals surface area (Å²) in [5.74, 6) is -2.69. The van der Waals surface area contributed by atoms with E-state index in [2.05, 4.69) is 10.0 Å². The predicted octanol–water partition coefficient (Wildman–Crippen LogP) is 4.44. The van der Waals surface area contributed by atoms with Gasteiger partial charge in [0.25, 0.3) is 15.9 Å². The van der Waals surface area contributed by atoms with Gasteiger partial charge in [0.2, 0.25) is 0 Å². The number of anilines is 2. The minimum Gasteiger partial charge on any atom is -0.482 e. The molecule has 3 aromatic carbocycles. The van der Waals surface area contributed by atoms with E-state index in [0.717, 1.165) is 12.1 Å². The van der Waals surface area contributed by atoms with Crippen molar-refractivity contribution in [1.82, 2.24) is 0 Å². The fraction of sp³-hybridized carbons (Fsp3) is 0.0500. The third kappa shape index (κ3) is 5.46. The number of amides is 1. The maximum atomic E-state index is 13.2. The highest BCUT2D eigenvalue weighted by molar-refractivity contribution is 7.92. The molecule has 156 valence electrons. The van der Waals surface area contributed by atoms with Crippen LogP contribution in [0.3, 0.4) is 0 Å². The van der Waals surface area contributed by atoms with Crippen LogP contribution in [0.1, 0.15) is 0 Å². The van der Waals surface area contributed by atoms with Gasteiger partial charge in [-0.3, -0.25) is 9.52 Å². The summed E-state index contributed by atoms with van der Waals surface area (Å²) < 4.78 is 58.7. The maximum Gasteiger partial charge on any atom is 0.262 e. The second-order valence-corrected chi connectivity index (χ2v) is 8.12. The third-order valence-electron chi connectivity index (χ3n) is 3.80. The van der Waals surface area contributed by atoms with E-state index in [9.17, 15) is 22.0 Å². The van der Waals surface area contributed by atoms with E-state index in [1.54, 1.807) is 30.3 Å². The lowest BCUT2D eigenvalue weighted by Crippen LogP contribution is -2.20. The summed E-state index contributed by atoms with van der Waals surface area (Å²) in [7, 11) is -3.87. The molecular weight excluding hydrogens is 438 g/mol. The maximum absolute atomic E-state index is 13.2. The number of carbonyl (C=O) groups is 1. The quantitative estimate of drug-likeness (QED) is 0.555. The molecule has 3 aromatic rings. The topological polar surface area (TPSA) is 84.5 Å². The number of nitrogens with one attached hydrogen (secondary N) is 2.